The van der Waals surface area contributed by atoms with Gasteiger partial charge in [0.2, 0.25) is 0 Å². The summed E-state index contributed by atoms with van der Waals surface area (Å²) in [6.45, 7) is 4.94. The molecule has 1 aliphatic heterocycles. The number of aromatic nitrogens is 1. The number of rotatable bonds is 5. The summed E-state index contributed by atoms with van der Waals surface area (Å²) in [6.07, 6.45) is 4.09. The van der Waals surface area contributed by atoms with Crippen molar-refractivity contribution < 1.29 is 9.13 Å². The Kier molecular flexibility index (Phi) is 5.59. The Morgan fingerprint density at radius 3 is 2.75 bits per heavy atom. The van der Waals surface area contributed by atoms with Gasteiger partial charge in [-0.15, -0.1) is 0 Å². The van der Waals surface area contributed by atoms with Gasteiger partial charge in [-0.05, 0) is 61.6 Å². The van der Waals surface area contributed by atoms with E-state index in [0.29, 0.717) is 5.92 Å². The highest BCUT2D eigenvalue weighted by atomic mass is 19.1. The van der Waals surface area contributed by atoms with Crippen LogP contribution in [-0.4, -0.2) is 36.2 Å². The molecule has 1 aromatic heterocycles. The van der Waals surface area contributed by atoms with Gasteiger partial charge >= 0.3 is 0 Å². The Morgan fingerprint density at radius 2 is 2.04 bits per heavy atom. The minimum Gasteiger partial charge on any atom is -0.380 e. The van der Waals surface area contributed by atoms with Crippen LogP contribution in [0.3, 0.4) is 0 Å². The number of likely N-dealkylation sites (tertiary alicyclic amines) is 1. The van der Waals surface area contributed by atoms with E-state index in [1.807, 2.05) is 24.4 Å². The van der Waals surface area contributed by atoms with Gasteiger partial charge in [-0.3, -0.25) is 9.88 Å². The topological polar surface area (TPSA) is 25.4 Å². The molecule has 3 nitrogen and oxygen atoms in total. The Morgan fingerprint density at radius 1 is 1.25 bits per heavy atom. The van der Waals surface area contributed by atoms with Crippen molar-refractivity contribution in [3.8, 4) is 0 Å². The molecule has 24 heavy (non-hydrogen) atoms. The molecule has 128 valence electrons. The summed E-state index contributed by atoms with van der Waals surface area (Å²) in [6, 6.07) is 10.9. The predicted octanol–water partition coefficient (Wildman–Crippen LogP) is 3.61. The van der Waals surface area contributed by atoms with Gasteiger partial charge in [0.1, 0.15) is 5.82 Å². The van der Waals surface area contributed by atoms with Crippen LogP contribution in [0, 0.1) is 18.7 Å². The van der Waals surface area contributed by atoms with E-state index >= 15 is 0 Å². The van der Waals surface area contributed by atoms with Crippen LogP contribution in [0.25, 0.3) is 0 Å². The number of ether oxygens (including phenoxy) is 1. The van der Waals surface area contributed by atoms with Gasteiger partial charge < -0.3 is 4.74 Å². The molecule has 0 spiro atoms. The summed E-state index contributed by atoms with van der Waals surface area (Å²) >= 11 is 0. The Labute approximate surface area is 143 Å². The first-order chi connectivity index (χ1) is 11.7. The van der Waals surface area contributed by atoms with Gasteiger partial charge in [-0.1, -0.05) is 18.2 Å². The molecule has 1 aromatic carbocycles. The van der Waals surface area contributed by atoms with Crippen molar-refractivity contribution in [3.63, 3.8) is 0 Å². The standard InChI is InChI=1S/C20H25FN2O/c1-15-4-3-10-22-19(15)13-23-11-9-17(20(14-23)24-2)12-16-5-7-18(21)8-6-16/h3-8,10,17,20H,9,11-14H2,1-2H3/t17-,20+/m1/s1. The second-order valence-corrected chi connectivity index (χ2v) is 6.66. The maximum atomic E-state index is 13.1. The molecule has 0 unspecified atom stereocenters. The molecule has 1 saturated heterocycles. The molecule has 0 radical (unpaired) electrons. The van der Waals surface area contributed by atoms with Gasteiger partial charge in [0, 0.05) is 26.4 Å². The van der Waals surface area contributed by atoms with Crippen LogP contribution >= 0.6 is 0 Å². The first-order valence-electron chi connectivity index (χ1n) is 8.56. The van der Waals surface area contributed by atoms with Gasteiger partial charge in [0.25, 0.3) is 0 Å². The summed E-state index contributed by atoms with van der Waals surface area (Å²) in [4.78, 5) is 6.92. The molecular formula is C20H25FN2O. The van der Waals surface area contributed by atoms with Crippen molar-refractivity contribution in [1.29, 1.82) is 0 Å². The molecule has 0 amide bonds. The third-order valence-corrected chi connectivity index (χ3v) is 4.99. The lowest BCUT2D eigenvalue weighted by Crippen LogP contribution is -2.45. The number of pyridine rings is 1. The molecule has 1 fully saturated rings. The van der Waals surface area contributed by atoms with Crippen molar-refractivity contribution in [2.24, 2.45) is 5.92 Å². The number of benzene rings is 1. The van der Waals surface area contributed by atoms with Crippen molar-refractivity contribution in [3.05, 3.63) is 65.2 Å². The fourth-order valence-electron chi connectivity index (χ4n) is 3.49. The number of piperidine rings is 1. The van der Waals surface area contributed by atoms with E-state index in [0.717, 1.165) is 38.2 Å². The van der Waals surface area contributed by atoms with Gasteiger partial charge in [-0.2, -0.15) is 0 Å². The lowest BCUT2D eigenvalue weighted by molar-refractivity contribution is -0.0139. The third-order valence-electron chi connectivity index (χ3n) is 4.99. The van der Waals surface area contributed by atoms with Gasteiger partial charge in [0.15, 0.2) is 0 Å². The molecule has 0 aliphatic carbocycles. The summed E-state index contributed by atoms with van der Waals surface area (Å²) in [5.74, 6) is 0.295. The van der Waals surface area contributed by atoms with E-state index in [2.05, 4.69) is 22.9 Å². The van der Waals surface area contributed by atoms with Crippen LogP contribution in [-0.2, 0) is 17.7 Å². The second-order valence-electron chi connectivity index (χ2n) is 6.66. The zero-order chi connectivity index (χ0) is 16.9. The molecule has 2 heterocycles. The second kappa shape index (κ2) is 7.86. The summed E-state index contributed by atoms with van der Waals surface area (Å²) in [7, 11) is 1.79. The van der Waals surface area contributed by atoms with Crippen molar-refractivity contribution in [1.82, 2.24) is 9.88 Å². The minimum absolute atomic E-state index is 0.178. The van der Waals surface area contributed by atoms with Crippen LogP contribution in [0.4, 0.5) is 4.39 Å². The highest BCUT2D eigenvalue weighted by Gasteiger charge is 2.29. The molecule has 0 bridgehead atoms. The smallest absolute Gasteiger partial charge is 0.123 e. The molecule has 2 aromatic rings. The number of halogens is 1. The largest absolute Gasteiger partial charge is 0.380 e. The Balaban J connectivity index is 1.61. The number of methoxy groups -OCH3 is 1. The lowest BCUT2D eigenvalue weighted by atomic mass is 9.87. The SMILES string of the molecule is CO[C@H]1CN(Cc2ncccc2C)CC[C@@H]1Cc1ccc(F)cc1. The first kappa shape index (κ1) is 17.1. The predicted molar refractivity (Wildman–Crippen MR) is 93.3 cm³/mol. The number of hydrogen-bond acceptors (Lipinski definition) is 3. The quantitative estimate of drug-likeness (QED) is 0.838. The highest BCUT2D eigenvalue weighted by molar-refractivity contribution is 5.18. The number of hydrogen-bond donors (Lipinski definition) is 0. The number of nitrogens with zero attached hydrogens (tertiary/aromatic N) is 2. The molecular weight excluding hydrogens is 303 g/mol. The molecule has 2 atom stereocenters. The minimum atomic E-state index is -0.178. The zero-order valence-electron chi connectivity index (χ0n) is 14.4. The lowest BCUT2D eigenvalue weighted by Gasteiger charge is -2.38. The maximum Gasteiger partial charge on any atom is 0.123 e. The van der Waals surface area contributed by atoms with E-state index in [4.69, 9.17) is 4.74 Å². The van der Waals surface area contributed by atoms with Crippen molar-refractivity contribution in [2.75, 3.05) is 20.2 Å². The summed E-state index contributed by atoms with van der Waals surface area (Å²) < 4.78 is 18.8. The fraction of sp³-hybridized carbons (Fsp3) is 0.450. The average molecular weight is 328 g/mol. The maximum absolute atomic E-state index is 13.1. The van der Waals surface area contributed by atoms with Gasteiger partial charge in [0.05, 0.1) is 11.8 Å². The molecule has 0 saturated carbocycles. The zero-order valence-corrected chi connectivity index (χ0v) is 14.4. The van der Waals surface area contributed by atoms with E-state index in [1.165, 1.54) is 23.3 Å². The Bertz CT molecular complexity index is 659. The average Bonchev–Trinajstić information content (AvgIpc) is 2.60. The fourth-order valence-corrected chi connectivity index (χ4v) is 3.49. The monoisotopic (exact) mass is 328 g/mol. The molecule has 3 rings (SSSR count). The van der Waals surface area contributed by atoms with E-state index in [9.17, 15) is 4.39 Å². The van der Waals surface area contributed by atoms with Crippen LogP contribution in [0.1, 0.15) is 23.2 Å². The third kappa shape index (κ3) is 4.19. The summed E-state index contributed by atoms with van der Waals surface area (Å²) in [5, 5.41) is 0. The van der Waals surface area contributed by atoms with Crippen LogP contribution < -0.4 is 0 Å². The highest BCUT2D eigenvalue weighted by Crippen LogP contribution is 2.25. The molecule has 0 N–H and O–H groups in total. The van der Waals surface area contributed by atoms with Crippen molar-refractivity contribution in [2.45, 2.75) is 32.4 Å². The molecule has 1 aliphatic rings. The normalized spacial score (nSPS) is 21.8. The van der Waals surface area contributed by atoms with E-state index in [-0.39, 0.29) is 11.9 Å². The summed E-state index contributed by atoms with van der Waals surface area (Å²) in [5.41, 5.74) is 3.56. The molecule has 4 heteroatoms. The Hall–Kier alpha value is -1.78. The first-order valence-corrected chi connectivity index (χ1v) is 8.56. The number of aryl methyl sites for hydroxylation is 1. The van der Waals surface area contributed by atoms with Crippen molar-refractivity contribution >= 4 is 0 Å². The van der Waals surface area contributed by atoms with E-state index in [1.54, 1.807) is 7.11 Å². The van der Waals surface area contributed by atoms with Crippen LogP contribution in [0.2, 0.25) is 0 Å². The van der Waals surface area contributed by atoms with Gasteiger partial charge in [-0.25, -0.2) is 4.39 Å². The van der Waals surface area contributed by atoms with Crippen LogP contribution in [0.5, 0.6) is 0 Å². The van der Waals surface area contributed by atoms with E-state index < -0.39 is 0 Å². The van der Waals surface area contributed by atoms with Crippen LogP contribution in [0.15, 0.2) is 42.6 Å².